The number of carboxylic acid groups (broad SMARTS) is 1. The Bertz CT molecular complexity index is 1640. The third-order valence-electron chi connectivity index (χ3n) is 7.76. The maximum absolute atomic E-state index is 14.0. The molecule has 1 aromatic carbocycles. The molecule has 1 fully saturated rings. The fraction of sp³-hybridized carbons (Fsp3) is 0.379. The van der Waals surface area contributed by atoms with Crippen molar-refractivity contribution >= 4 is 28.6 Å². The molecular formula is C29H27ClF3N5O4. The summed E-state index contributed by atoms with van der Waals surface area (Å²) >= 11 is 5.86. The fourth-order valence-electron chi connectivity index (χ4n) is 5.35. The molecule has 6 rings (SSSR count). The zero-order valence-corrected chi connectivity index (χ0v) is 23.3. The van der Waals surface area contributed by atoms with Crippen LogP contribution in [0.2, 0.25) is 5.02 Å². The highest BCUT2D eigenvalue weighted by molar-refractivity contribution is 6.30. The zero-order valence-electron chi connectivity index (χ0n) is 22.6. The Morgan fingerprint density at radius 2 is 2.02 bits per heavy atom. The standard InChI is InChI=1S/C29H27ClF3N5O4/c1-16-26-17(10-22(29(31,32)33)27(36-26)42-15-20-4-3-19(30)12-34-20)6-8-37(16)14-25-35-23-5-2-18(28(39)40)11-24(23)38(25)13-21-7-9-41-21/h2-5,10-12,16,21H,6-9,13-15H2,1H3,(H,39,40)/t16-,21-/m0/s1. The summed E-state index contributed by atoms with van der Waals surface area (Å²) in [6, 6.07) is 8.79. The molecular weight excluding hydrogens is 575 g/mol. The van der Waals surface area contributed by atoms with Gasteiger partial charge in [-0.05, 0) is 61.7 Å². The smallest absolute Gasteiger partial charge is 0.421 e. The molecule has 42 heavy (non-hydrogen) atoms. The lowest BCUT2D eigenvalue weighted by molar-refractivity contribution is -0.139. The summed E-state index contributed by atoms with van der Waals surface area (Å²) in [5, 5.41) is 9.93. The number of alkyl halides is 3. The van der Waals surface area contributed by atoms with Gasteiger partial charge in [0.2, 0.25) is 5.88 Å². The minimum absolute atomic E-state index is 0.00596. The lowest BCUT2D eigenvalue weighted by atomic mass is 9.97. The summed E-state index contributed by atoms with van der Waals surface area (Å²) in [5.41, 5.74) is 2.05. The van der Waals surface area contributed by atoms with E-state index < -0.39 is 23.6 Å². The molecule has 0 unspecified atom stereocenters. The molecule has 9 nitrogen and oxygen atoms in total. The first-order valence-electron chi connectivity index (χ1n) is 13.5. The second kappa shape index (κ2) is 11.2. The number of benzene rings is 1. The molecule has 220 valence electrons. The van der Waals surface area contributed by atoms with Crippen LogP contribution < -0.4 is 4.74 Å². The Labute approximate surface area is 243 Å². The van der Waals surface area contributed by atoms with E-state index in [0.717, 1.165) is 18.3 Å². The highest BCUT2D eigenvalue weighted by Crippen LogP contribution is 2.40. The molecule has 2 atom stereocenters. The molecule has 0 amide bonds. The molecule has 1 N–H and O–H groups in total. The molecule has 2 aliphatic rings. The molecule has 0 aliphatic carbocycles. The lowest BCUT2D eigenvalue weighted by Crippen LogP contribution is -2.36. The van der Waals surface area contributed by atoms with Gasteiger partial charge in [0, 0.05) is 19.3 Å². The summed E-state index contributed by atoms with van der Waals surface area (Å²) in [7, 11) is 0. The van der Waals surface area contributed by atoms with Gasteiger partial charge in [-0.15, -0.1) is 0 Å². The molecule has 2 aliphatic heterocycles. The van der Waals surface area contributed by atoms with Gasteiger partial charge in [-0.3, -0.25) is 9.88 Å². The SMILES string of the molecule is C[C@H]1c2nc(OCc3ccc(Cl)cn3)c(C(F)(F)F)cc2CCN1Cc1nc2ccc(C(=O)O)cc2n1C[C@@H]1CCO1. The van der Waals surface area contributed by atoms with E-state index in [0.29, 0.717) is 65.7 Å². The molecule has 0 radical (unpaired) electrons. The van der Waals surface area contributed by atoms with Gasteiger partial charge in [-0.25, -0.2) is 14.8 Å². The van der Waals surface area contributed by atoms with Crippen molar-refractivity contribution in [2.45, 2.75) is 57.8 Å². The van der Waals surface area contributed by atoms with Crippen molar-refractivity contribution in [1.82, 2.24) is 24.4 Å². The van der Waals surface area contributed by atoms with Crippen molar-refractivity contribution < 1.29 is 32.5 Å². The Hall–Kier alpha value is -3.74. The predicted molar refractivity (Wildman–Crippen MR) is 146 cm³/mol. The van der Waals surface area contributed by atoms with Gasteiger partial charge < -0.3 is 19.1 Å². The first-order chi connectivity index (χ1) is 20.1. The van der Waals surface area contributed by atoms with Crippen LogP contribution in [0.5, 0.6) is 5.88 Å². The Morgan fingerprint density at radius 1 is 1.21 bits per heavy atom. The Kier molecular flexibility index (Phi) is 7.54. The third kappa shape index (κ3) is 5.66. The van der Waals surface area contributed by atoms with Crippen LogP contribution >= 0.6 is 11.6 Å². The number of halogens is 4. The lowest BCUT2D eigenvalue weighted by Gasteiger charge is -2.35. The number of rotatable bonds is 8. The van der Waals surface area contributed by atoms with Crippen LogP contribution in [0.25, 0.3) is 11.0 Å². The van der Waals surface area contributed by atoms with Crippen LogP contribution in [0.3, 0.4) is 0 Å². The van der Waals surface area contributed by atoms with E-state index in [-0.39, 0.29) is 24.3 Å². The topological polar surface area (TPSA) is 103 Å². The van der Waals surface area contributed by atoms with Crippen LogP contribution in [0.4, 0.5) is 13.2 Å². The number of aromatic nitrogens is 4. The van der Waals surface area contributed by atoms with Crippen molar-refractivity contribution in [3.63, 3.8) is 0 Å². The van der Waals surface area contributed by atoms with Crippen LogP contribution in [0.15, 0.2) is 42.6 Å². The van der Waals surface area contributed by atoms with Crippen LogP contribution in [-0.2, 0) is 37.0 Å². The molecule has 5 heterocycles. The first-order valence-corrected chi connectivity index (χ1v) is 13.9. The van der Waals surface area contributed by atoms with Crippen molar-refractivity contribution in [1.29, 1.82) is 0 Å². The number of hydrogen-bond acceptors (Lipinski definition) is 7. The number of hydrogen-bond donors (Lipinski definition) is 1. The number of aromatic carboxylic acids is 1. The molecule has 0 bridgehead atoms. The molecule has 4 aromatic rings. The normalized spacial score (nSPS) is 19.0. The average molecular weight is 602 g/mol. The number of carbonyl (C=O) groups is 1. The van der Waals surface area contributed by atoms with Crippen LogP contribution in [0, 0.1) is 0 Å². The van der Waals surface area contributed by atoms with Crippen LogP contribution in [-0.4, -0.2) is 54.8 Å². The Balaban J connectivity index is 1.30. The number of pyridine rings is 2. The van der Waals surface area contributed by atoms with Gasteiger partial charge in [0.25, 0.3) is 0 Å². The number of fused-ring (bicyclic) bond motifs is 2. The van der Waals surface area contributed by atoms with E-state index in [9.17, 15) is 23.1 Å². The second-order valence-corrected chi connectivity index (χ2v) is 10.9. The Morgan fingerprint density at radius 3 is 2.69 bits per heavy atom. The predicted octanol–water partition coefficient (Wildman–Crippen LogP) is 5.68. The zero-order chi connectivity index (χ0) is 29.6. The molecule has 0 saturated carbocycles. The number of ether oxygens (including phenoxy) is 2. The van der Waals surface area contributed by atoms with Gasteiger partial charge in [0.15, 0.2) is 0 Å². The minimum Gasteiger partial charge on any atom is -0.478 e. The van der Waals surface area contributed by atoms with E-state index >= 15 is 0 Å². The summed E-state index contributed by atoms with van der Waals surface area (Å²) in [5.74, 6) is -0.806. The van der Waals surface area contributed by atoms with Crippen molar-refractivity contribution in [3.8, 4) is 5.88 Å². The molecule has 13 heteroatoms. The summed E-state index contributed by atoms with van der Waals surface area (Å²) in [6.07, 6.45) is -1.98. The molecule has 1 saturated heterocycles. The number of carboxylic acids is 1. The largest absolute Gasteiger partial charge is 0.478 e. The highest BCUT2D eigenvalue weighted by Gasteiger charge is 2.38. The summed E-state index contributed by atoms with van der Waals surface area (Å²) in [6.45, 7) is 3.78. The maximum atomic E-state index is 14.0. The van der Waals surface area contributed by atoms with E-state index in [2.05, 4.69) is 14.9 Å². The maximum Gasteiger partial charge on any atom is 0.421 e. The van der Waals surface area contributed by atoms with Crippen molar-refractivity contribution in [2.75, 3.05) is 13.2 Å². The summed E-state index contributed by atoms with van der Waals surface area (Å²) in [4.78, 5) is 27.0. The van der Waals surface area contributed by atoms with E-state index in [1.807, 2.05) is 11.5 Å². The number of imidazole rings is 1. The van der Waals surface area contributed by atoms with Gasteiger partial charge >= 0.3 is 12.1 Å². The first kappa shape index (κ1) is 28.4. The van der Waals surface area contributed by atoms with Gasteiger partial charge in [-0.1, -0.05) is 11.6 Å². The van der Waals surface area contributed by atoms with Gasteiger partial charge in [0.1, 0.15) is 18.0 Å². The van der Waals surface area contributed by atoms with E-state index in [1.165, 1.54) is 12.3 Å². The molecule has 3 aromatic heterocycles. The van der Waals surface area contributed by atoms with Crippen LogP contribution in [0.1, 0.15) is 58.1 Å². The monoisotopic (exact) mass is 601 g/mol. The number of nitrogens with zero attached hydrogens (tertiary/aromatic N) is 5. The van der Waals surface area contributed by atoms with E-state index in [4.69, 9.17) is 26.1 Å². The third-order valence-corrected chi connectivity index (χ3v) is 7.98. The summed E-state index contributed by atoms with van der Waals surface area (Å²) < 4.78 is 55.2. The molecule has 0 spiro atoms. The average Bonchev–Trinajstić information content (AvgIpc) is 3.27. The quantitative estimate of drug-likeness (QED) is 0.275. The highest BCUT2D eigenvalue weighted by atomic mass is 35.5. The van der Waals surface area contributed by atoms with Crippen molar-refractivity contribution in [3.05, 3.63) is 81.5 Å². The van der Waals surface area contributed by atoms with Crippen molar-refractivity contribution in [2.24, 2.45) is 0 Å². The van der Waals surface area contributed by atoms with E-state index in [1.54, 1.807) is 24.3 Å². The minimum atomic E-state index is -4.64. The van der Waals surface area contributed by atoms with Gasteiger partial charge in [-0.2, -0.15) is 13.2 Å². The second-order valence-electron chi connectivity index (χ2n) is 10.5. The fourth-order valence-corrected chi connectivity index (χ4v) is 5.46. The van der Waals surface area contributed by atoms with Gasteiger partial charge in [0.05, 0.1) is 58.2 Å².